The van der Waals surface area contributed by atoms with E-state index < -0.39 is 6.10 Å². The standard InChI is InChI=1S/C10H12BrN3O2.ClH/c11-8-2-1-3-9(13-8)14-10(16)7-4-6(15)5-12-7;/h1-3,6-7,12,15H,4-5H2,(H,13,14,16);1H. The molecular weight excluding hydrogens is 309 g/mol. The van der Waals surface area contributed by atoms with Gasteiger partial charge in [-0.05, 0) is 34.5 Å². The van der Waals surface area contributed by atoms with E-state index in [1.54, 1.807) is 18.2 Å². The summed E-state index contributed by atoms with van der Waals surface area (Å²) in [5, 5.41) is 14.9. The number of rotatable bonds is 2. The van der Waals surface area contributed by atoms with Crippen molar-refractivity contribution in [3.8, 4) is 0 Å². The fourth-order valence-corrected chi connectivity index (χ4v) is 1.95. The van der Waals surface area contributed by atoms with Gasteiger partial charge in [-0.3, -0.25) is 4.79 Å². The molecule has 94 valence electrons. The summed E-state index contributed by atoms with van der Waals surface area (Å²) in [5.74, 6) is 0.338. The lowest BCUT2D eigenvalue weighted by Gasteiger charge is -2.10. The van der Waals surface area contributed by atoms with Gasteiger partial charge in [-0.25, -0.2) is 4.98 Å². The van der Waals surface area contributed by atoms with Gasteiger partial charge in [0.1, 0.15) is 10.4 Å². The average Bonchev–Trinajstić information content (AvgIpc) is 2.65. The van der Waals surface area contributed by atoms with Crippen LogP contribution in [-0.4, -0.2) is 34.7 Å². The quantitative estimate of drug-likeness (QED) is 0.708. The highest BCUT2D eigenvalue weighted by atomic mass is 79.9. The van der Waals surface area contributed by atoms with Crippen LogP contribution in [0.25, 0.3) is 0 Å². The molecular formula is C10H13BrClN3O2. The van der Waals surface area contributed by atoms with E-state index in [4.69, 9.17) is 0 Å². The number of pyridine rings is 1. The van der Waals surface area contributed by atoms with E-state index >= 15 is 0 Å². The third kappa shape index (κ3) is 3.92. The smallest absolute Gasteiger partial charge is 0.242 e. The summed E-state index contributed by atoms with van der Waals surface area (Å²) in [6, 6.07) is 4.96. The molecule has 0 aromatic carbocycles. The predicted molar refractivity (Wildman–Crippen MR) is 70.2 cm³/mol. The van der Waals surface area contributed by atoms with Crippen LogP contribution < -0.4 is 10.6 Å². The number of carbonyl (C=O) groups is 1. The first-order chi connectivity index (χ1) is 7.65. The number of nitrogens with one attached hydrogen (secondary N) is 2. The van der Waals surface area contributed by atoms with Gasteiger partial charge in [-0.15, -0.1) is 12.4 Å². The van der Waals surface area contributed by atoms with Crippen molar-refractivity contribution in [1.29, 1.82) is 0 Å². The van der Waals surface area contributed by atoms with Crippen LogP contribution in [0.5, 0.6) is 0 Å². The molecule has 1 aromatic rings. The zero-order valence-corrected chi connectivity index (χ0v) is 11.3. The first-order valence-corrected chi connectivity index (χ1v) is 5.79. The van der Waals surface area contributed by atoms with Crippen LogP contribution in [0.1, 0.15) is 6.42 Å². The van der Waals surface area contributed by atoms with E-state index in [2.05, 4.69) is 31.5 Å². The second kappa shape index (κ2) is 6.30. The largest absolute Gasteiger partial charge is 0.392 e. The number of anilines is 1. The molecule has 5 nitrogen and oxygen atoms in total. The van der Waals surface area contributed by atoms with Crippen molar-refractivity contribution in [2.75, 3.05) is 11.9 Å². The third-order valence-corrected chi connectivity index (χ3v) is 2.83. The number of aliphatic hydroxyl groups excluding tert-OH is 1. The maximum Gasteiger partial charge on any atom is 0.242 e. The molecule has 2 unspecified atom stereocenters. The molecule has 2 rings (SSSR count). The van der Waals surface area contributed by atoms with Gasteiger partial charge in [-0.1, -0.05) is 6.07 Å². The summed E-state index contributed by atoms with van der Waals surface area (Å²) in [7, 11) is 0. The van der Waals surface area contributed by atoms with Crippen LogP contribution in [0.2, 0.25) is 0 Å². The summed E-state index contributed by atoms with van der Waals surface area (Å²) in [6.45, 7) is 0.462. The Morgan fingerprint density at radius 2 is 2.35 bits per heavy atom. The van der Waals surface area contributed by atoms with Crippen molar-refractivity contribution >= 4 is 40.1 Å². The first-order valence-electron chi connectivity index (χ1n) is 5.00. The van der Waals surface area contributed by atoms with E-state index in [0.717, 1.165) is 0 Å². The van der Waals surface area contributed by atoms with Crippen molar-refractivity contribution in [3.63, 3.8) is 0 Å². The minimum atomic E-state index is -0.439. The second-order valence-electron chi connectivity index (χ2n) is 3.69. The summed E-state index contributed by atoms with van der Waals surface area (Å²) in [5.41, 5.74) is 0. The van der Waals surface area contributed by atoms with Crippen molar-refractivity contribution in [2.24, 2.45) is 0 Å². The number of halogens is 2. The van der Waals surface area contributed by atoms with Crippen molar-refractivity contribution in [2.45, 2.75) is 18.6 Å². The molecule has 1 amide bonds. The lowest BCUT2D eigenvalue weighted by molar-refractivity contribution is -0.118. The molecule has 1 aromatic heterocycles. The fraction of sp³-hybridized carbons (Fsp3) is 0.400. The maximum absolute atomic E-state index is 11.7. The highest BCUT2D eigenvalue weighted by Gasteiger charge is 2.28. The first kappa shape index (κ1) is 14.4. The second-order valence-corrected chi connectivity index (χ2v) is 4.50. The van der Waals surface area contributed by atoms with Crippen LogP contribution in [0.4, 0.5) is 5.82 Å². The molecule has 3 N–H and O–H groups in total. The lowest BCUT2D eigenvalue weighted by Crippen LogP contribution is -2.35. The molecule has 0 spiro atoms. The zero-order chi connectivity index (χ0) is 11.5. The molecule has 2 heterocycles. The Morgan fingerprint density at radius 3 is 2.94 bits per heavy atom. The zero-order valence-electron chi connectivity index (χ0n) is 8.89. The number of aromatic nitrogens is 1. The average molecular weight is 323 g/mol. The van der Waals surface area contributed by atoms with Crippen LogP contribution in [-0.2, 0) is 4.79 Å². The molecule has 0 bridgehead atoms. The van der Waals surface area contributed by atoms with Crippen molar-refractivity contribution in [1.82, 2.24) is 10.3 Å². The minimum Gasteiger partial charge on any atom is -0.392 e. The highest BCUT2D eigenvalue weighted by Crippen LogP contribution is 2.12. The minimum absolute atomic E-state index is 0. The molecule has 17 heavy (non-hydrogen) atoms. The monoisotopic (exact) mass is 321 g/mol. The normalized spacial score (nSPS) is 22.9. The van der Waals surface area contributed by atoms with Crippen LogP contribution >= 0.6 is 28.3 Å². The van der Waals surface area contributed by atoms with Gasteiger partial charge in [0.05, 0.1) is 12.1 Å². The highest BCUT2D eigenvalue weighted by molar-refractivity contribution is 9.10. The van der Waals surface area contributed by atoms with E-state index in [9.17, 15) is 9.90 Å². The number of amides is 1. The Morgan fingerprint density at radius 1 is 1.59 bits per heavy atom. The molecule has 1 aliphatic rings. The van der Waals surface area contributed by atoms with E-state index in [0.29, 0.717) is 23.4 Å². The van der Waals surface area contributed by atoms with Gasteiger partial charge < -0.3 is 15.7 Å². The van der Waals surface area contributed by atoms with Crippen LogP contribution in [0.3, 0.4) is 0 Å². The number of aliphatic hydroxyl groups is 1. The van der Waals surface area contributed by atoms with Gasteiger partial charge in [0.15, 0.2) is 0 Å². The van der Waals surface area contributed by atoms with Gasteiger partial charge in [-0.2, -0.15) is 0 Å². The number of nitrogens with zero attached hydrogens (tertiary/aromatic N) is 1. The fourth-order valence-electron chi connectivity index (χ4n) is 1.61. The molecule has 2 atom stereocenters. The summed E-state index contributed by atoms with van der Waals surface area (Å²) < 4.78 is 0.671. The van der Waals surface area contributed by atoms with E-state index in [1.165, 1.54) is 0 Å². The van der Waals surface area contributed by atoms with Gasteiger partial charge in [0.25, 0.3) is 0 Å². The molecule has 1 saturated heterocycles. The Hall–Kier alpha value is -0.690. The van der Waals surface area contributed by atoms with E-state index in [1.807, 2.05) is 0 Å². The lowest BCUT2D eigenvalue weighted by atomic mass is 10.2. The Bertz CT molecular complexity index is 405. The van der Waals surface area contributed by atoms with Crippen molar-refractivity contribution < 1.29 is 9.90 Å². The molecule has 7 heteroatoms. The third-order valence-electron chi connectivity index (χ3n) is 2.39. The van der Waals surface area contributed by atoms with Gasteiger partial charge >= 0.3 is 0 Å². The molecule has 0 saturated carbocycles. The summed E-state index contributed by atoms with van der Waals surface area (Å²) in [6.07, 6.45) is 0.00560. The SMILES string of the molecule is Cl.O=C(Nc1cccc(Br)n1)C1CC(O)CN1. The van der Waals surface area contributed by atoms with Crippen molar-refractivity contribution in [3.05, 3.63) is 22.8 Å². The molecule has 0 aliphatic carbocycles. The summed E-state index contributed by atoms with van der Waals surface area (Å²) in [4.78, 5) is 15.8. The number of hydrogen-bond donors (Lipinski definition) is 3. The van der Waals surface area contributed by atoms with E-state index in [-0.39, 0.29) is 24.4 Å². The number of carbonyl (C=O) groups excluding carboxylic acids is 1. The topological polar surface area (TPSA) is 74.2 Å². The molecule has 1 aliphatic heterocycles. The Kier molecular flexibility index (Phi) is 5.32. The number of hydrogen-bond acceptors (Lipinski definition) is 4. The molecule has 1 fully saturated rings. The van der Waals surface area contributed by atoms with Crippen LogP contribution in [0.15, 0.2) is 22.8 Å². The molecule has 0 radical (unpaired) electrons. The van der Waals surface area contributed by atoms with Gasteiger partial charge in [0, 0.05) is 6.54 Å². The maximum atomic E-state index is 11.7. The Labute approximate surface area is 114 Å². The van der Waals surface area contributed by atoms with Crippen LogP contribution in [0, 0.1) is 0 Å². The predicted octanol–water partition coefficient (Wildman–Crippen LogP) is 0.927. The summed E-state index contributed by atoms with van der Waals surface area (Å²) >= 11 is 3.23. The Balaban J connectivity index is 0.00000144. The number of β-amino-alcohol motifs (C(OH)–C–C–N with tert-alkyl or cyclic N) is 1. The van der Waals surface area contributed by atoms with Gasteiger partial charge in [0.2, 0.25) is 5.91 Å².